The molecule has 0 spiro atoms. The van der Waals surface area contributed by atoms with Crippen molar-refractivity contribution in [3.05, 3.63) is 50.7 Å². The predicted octanol–water partition coefficient (Wildman–Crippen LogP) is 2.94. The van der Waals surface area contributed by atoms with E-state index < -0.39 is 22.7 Å². The second kappa shape index (κ2) is 7.48. The third-order valence-electron chi connectivity index (χ3n) is 5.25. The lowest BCUT2D eigenvalue weighted by Crippen LogP contribution is -2.38. The number of nitro benzene ring substituents is 1. The highest BCUT2D eigenvalue weighted by Crippen LogP contribution is 2.41. The molecule has 2 atom stereocenters. The average Bonchev–Trinajstić information content (AvgIpc) is 3.39. The minimum Gasteiger partial charge on any atom is -0.460 e. The van der Waals surface area contributed by atoms with Crippen molar-refractivity contribution in [3.63, 3.8) is 0 Å². The first-order chi connectivity index (χ1) is 14.3. The van der Waals surface area contributed by atoms with Gasteiger partial charge in [-0.15, -0.1) is 0 Å². The van der Waals surface area contributed by atoms with Gasteiger partial charge in [0.1, 0.15) is 11.5 Å². The number of nitro groups is 1. The molecular formula is C19H16BrN5O5. The summed E-state index contributed by atoms with van der Waals surface area (Å²) in [5, 5.41) is 19.5. The van der Waals surface area contributed by atoms with Gasteiger partial charge in [0.15, 0.2) is 0 Å². The maximum atomic E-state index is 12.5. The van der Waals surface area contributed by atoms with Crippen molar-refractivity contribution >= 4 is 44.9 Å². The molecule has 0 saturated carbocycles. The molecule has 2 N–H and O–H groups in total. The lowest BCUT2D eigenvalue weighted by Gasteiger charge is -2.24. The van der Waals surface area contributed by atoms with Gasteiger partial charge in [0.25, 0.3) is 5.69 Å². The summed E-state index contributed by atoms with van der Waals surface area (Å²) in [5.74, 6) is -2.27. The fourth-order valence-electron chi connectivity index (χ4n) is 3.85. The number of rotatable bonds is 5. The van der Waals surface area contributed by atoms with Crippen LogP contribution in [0, 0.1) is 22.0 Å². The Morgan fingerprint density at radius 1 is 1.07 bits per heavy atom. The summed E-state index contributed by atoms with van der Waals surface area (Å²) in [6.07, 6.45) is 0. The highest BCUT2D eigenvalue weighted by Gasteiger charge is 2.47. The Morgan fingerprint density at radius 3 is 2.17 bits per heavy atom. The molecular weight excluding hydrogens is 458 g/mol. The summed E-state index contributed by atoms with van der Waals surface area (Å²) in [7, 11) is 0. The highest BCUT2D eigenvalue weighted by molar-refractivity contribution is 9.10. The van der Waals surface area contributed by atoms with E-state index in [1.54, 1.807) is 38.1 Å². The molecule has 2 amide bonds. The van der Waals surface area contributed by atoms with E-state index >= 15 is 0 Å². The molecule has 0 radical (unpaired) electrons. The zero-order valence-corrected chi connectivity index (χ0v) is 17.5. The summed E-state index contributed by atoms with van der Waals surface area (Å²) >= 11 is 3.23. The molecule has 0 bridgehead atoms. The van der Waals surface area contributed by atoms with Crippen molar-refractivity contribution in [2.24, 2.45) is 22.0 Å². The average molecular weight is 474 g/mol. The number of nitrogens with one attached hydrogen (secondary N) is 2. The molecule has 0 fully saturated rings. The second-order valence-electron chi connectivity index (χ2n) is 7.06. The first-order valence-electron chi connectivity index (χ1n) is 9.00. The number of carbonyl (C=O) groups excluding carboxylic acids is 2. The van der Waals surface area contributed by atoms with E-state index in [-0.39, 0.29) is 28.8 Å². The van der Waals surface area contributed by atoms with Crippen LogP contribution in [-0.2, 0) is 9.59 Å². The maximum Gasteiger partial charge on any atom is 0.281 e. The number of carbonyl (C=O) groups is 2. The number of furan rings is 1. The lowest BCUT2D eigenvalue weighted by molar-refractivity contribution is -0.384. The van der Waals surface area contributed by atoms with E-state index in [1.807, 2.05) is 0 Å². The fraction of sp³-hybridized carbons (Fsp3) is 0.263. The van der Waals surface area contributed by atoms with Gasteiger partial charge in [-0.25, -0.2) is 10.9 Å². The molecule has 11 heteroatoms. The van der Waals surface area contributed by atoms with Gasteiger partial charge in [-0.05, 0) is 38.1 Å². The van der Waals surface area contributed by atoms with E-state index in [9.17, 15) is 19.7 Å². The molecule has 1 aromatic heterocycles. The third-order valence-corrected chi connectivity index (χ3v) is 5.74. The SMILES string of the molecule is CC1=NNC(=O)C1C(c1ccc(-c2ccc(Br)cc2[N+](=O)[O-])o1)C1C(=O)NN=C1C. The van der Waals surface area contributed by atoms with Crippen LogP contribution < -0.4 is 10.9 Å². The predicted molar refractivity (Wildman–Crippen MR) is 111 cm³/mol. The Morgan fingerprint density at radius 2 is 1.67 bits per heavy atom. The van der Waals surface area contributed by atoms with Gasteiger partial charge in [0.2, 0.25) is 11.8 Å². The monoisotopic (exact) mass is 473 g/mol. The van der Waals surface area contributed by atoms with Crippen LogP contribution in [0.5, 0.6) is 0 Å². The Bertz CT molecular complexity index is 1100. The molecule has 2 aromatic rings. The smallest absolute Gasteiger partial charge is 0.281 e. The van der Waals surface area contributed by atoms with Crippen LogP contribution >= 0.6 is 15.9 Å². The second-order valence-corrected chi connectivity index (χ2v) is 7.98. The summed E-state index contributed by atoms with van der Waals surface area (Å²) < 4.78 is 6.55. The molecule has 2 aliphatic heterocycles. The maximum absolute atomic E-state index is 12.5. The van der Waals surface area contributed by atoms with E-state index in [1.165, 1.54) is 6.07 Å². The van der Waals surface area contributed by atoms with E-state index in [4.69, 9.17) is 4.42 Å². The van der Waals surface area contributed by atoms with Gasteiger partial charge in [-0.2, -0.15) is 10.2 Å². The molecule has 3 heterocycles. The van der Waals surface area contributed by atoms with Gasteiger partial charge in [0, 0.05) is 22.0 Å². The minimum atomic E-state index is -0.733. The van der Waals surface area contributed by atoms with Crippen LogP contribution in [0.2, 0.25) is 0 Å². The Labute approximate surface area is 178 Å². The van der Waals surface area contributed by atoms with E-state index in [0.29, 0.717) is 21.7 Å². The van der Waals surface area contributed by atoms with Crippen LogP contribution in [0.3, 0.4) is 0 Å². The van der Waals surface area contributed by atoms with Crippen LogP contribution in [-0.4, -0.2) is 28.2 Å². The molecule has 0 saturated heterocycles. The summed E-state index contributed by atoms with van der Waals surface area (Å²) in [6.45, 7) is 3.39. The van der Waals surface area contributed by atoms with Crippen molar-refractivity contribution in [3.8, 4) is 11.3 Å². The van der Waals surface area contributed by atoms with Crippen molar-refractivity contribution in [2.75, 3.05) is 0 Å². The minimum absolute atomic E-state index is 0.130. The van der Waals surface area contributed by atoms with E-state index in [2.05, 4.69) is 37.0 Å². The van der Waals surface area contributed by atoms with Gasteiger partial charge in [0.05, 0.1) is 28.2 Å². The normalized spacial score (nSPS) is 21.7. The molecule has 1 aromatic carbocycles. The van der Waals surface area contributed by atoms with Gasteiger partial charge in [-0.1, -0.05) is 15.9 Å². The summed E-state index contributed by atoms with van der Waals surface area (Å²) in [6, 6.07) is 7.85. The number of hydrazone groups is 2. The van der Waals surface area contributed by atoms with Gasteiger partial charge < -0.3 is 4.42 Å². The Hall–Kier alpha value is -3.34. The zero-order chi connectivity index (χ0) is 21.6. The van der Waals surface area contributed by atoms with Crippen LogP contribution in [0.1, 0.15) is 25.5 Å². The number of halogens is 1. The molecule has 4 rings (SSSR count). The molecule has 30 heavy (non-hydrogen) atoms. The largest absolute Gasteiger partial charge is 0.460 e. The van der Waals surface area contributed by atoms with Crippen LogP contribution in [0.25, 0.3) is 11.3 Å². The van der Waals surface area contributed by atoms with Crippen molar-refractivity contribution in [1.29, 1.82) is 0 Å². The number of nitrogens with zero attached hydrogens (tertiary/aromatic N) is 3. The standard InChI is InChI=1S/C19H16BrN5O5/c1-8-15(18(26)23-21-8)17(16-9(2)22-24-19(16)27)14-6-5-13(30-14)11-4-3-10(20)7-12(11)25(28)29/h3-7,15-17H,1-2H3,(H,23,26)(H,24,27). The first-order valence-corrected chi connectivity index (χ1v) is 9.79. The Balaban J connectivity index is 1.81. The number of benzene rings is 1. The van der Waals surface area contributed by atoms with Crippen molar-refractivity contribution in [2.45, 2.75) is 19.8 Å². The highest BCUT2D eigenvalue weighted by atomic mass is 79.9. The topological polar surface area (TPSA) is 139 Å². The molecule has 154 valence electrons. The number of amides is 2. The van der Waals surface area contributed by atoms with Gasteiger partial charge in [-0.3, -0.25) is 19.7 Å². The van der Waals surface area contributed by atoms with Crippen molar-refractivity contribution in [1.82, 2.24) is 10.9 Å². The Kier molecular flexibility index (Phi) is 4.98. The number of hydrogen-bond donors (Lipinski definition) is 2. The third kappa shape index (κ3) is 3.30. The summed E-state index contributed by atoms with van der Waals surface area (Å²) in [4.78, 5) is 36.0. The first kappa shape index (κ1) is 20.0. The molecule has 2 unspecified atom stereocenters. The zero-order valence-electron chi connectivity index (χ0n) is 15.9. The summed E-state index contributed by atoms with van der Waals surface area (Å²) in [5.41, 5.74) is 6.06. The van der Waals surface area contributed by atoms with Gasteiger partial charge >= 0.3 is 0 Å². The fourth-order valence-corrected chi connectivity index (χ4v) is 4.20. The van der Waals surface area contributed by atoms with E-state index in [0.717, 1.165) is 0 Å². The quantitative estimate of drug-likeness (QED) is 0.507. The lowest BCUT2D eigenvalue weighted by atomic mass is 9.75. The van der Waals surface area contributed by atoms with Crippen molar-refractivity contribution < 1.29 is 18.9 Å². The van der Waals surface area contributed by atoms with Crippen LogP contribution in [0.4, 0.5) is 5.69 Å². The molecule has 2 aliphatic rings. The molecule has 0 aliphatic carbocycles. The molecule has 10 nitrogen and oxygen atoms in total. The van der Waals surface area contributed by atoms with Crippen LogP contribution in [0.15, 0.2) is 49.4 Å². The number of hydrogen-bond acceptors (Lipinski definition) is 7.